The smallest absolute Gasteiger partial charge is 0.338 e. The van der Waals surface area contributed by atoms with E-state index in [1.807, 2.05) is 45.0 Å². The summed E-state index contributed by atoms with van der Waals surface area (Å²) in [5, 5.41) is 3.32. The number of fused-ring (bicyclic) bond motifs is 3. The van der Waals surface area contributed by atoms with Gasteiger partial charge in [0.05, 0.1) is 28.8 Å². The summed E-state index contributed by atoms with van der Waals surface area (Å²) in [6, 6.07) is 16.2. The Morgan fingerprint density at radius 2 is 1.81 bits per heavy atom. The van der Waals surface area contributed by atoms with Gasteiger partial charge < -0.3 is 15.0 Å². The van der Waals surface area contributed by atoms with Gasteiger partial charge in [0.15, 0.2) is 0 Å². The van der Waals surface area contributed by atoms with Crippen LogP contribution in [-0.4, -0.2) is 34.7 Å². The third-order valence-electron chi connectivity index (χ3n) is 5.73. The Morgan fingerprint density at radius 1 is 1.13 bits per heavy atom. The Balaban J connectivity index is 1.87. The Hall–Kier alpha value is -3.28. The maximum absolute atomic E-state index is 13.2. The van der Waals surface area contributed by atoms with Crippen molar-refractivity contribution in [3.05, 3.63) is 65.4 Å². The second-order valence-electron chi connectivity index (χ2n) is 8.08. The fourth-order valence-corrected chi connectivity index (χ4v) is 4.28. The first-order chi connectivity index (χ1) is 14.9. The molecule has 6 heteroatoms. The van der Waals surface area contributed by atoms with Gasteiger partial charge in [0.1, 0.15) is 0 Å². The number of para-hydroxylation sites is 2. The minimum absolute atomic E-state index is 0.195. The van der Waals surface area contributed by atoms with Crippen molar-refractivity contribution in [3.63, 3.8) is 0 Å². The molecule has 0 bridgehead atoms. The standard InChI is InChI=1S/C25H30N4O2/c1-6-28(7-2)19-14-12-18(13-15-19)23-22(24(30)31-16(3)4)17(5)26-25-27-20-10-8-9-11-21(20)29(23)25/h8-16,23H,6-7H2,1-5H3,(H,26,27)/t23-/m1/s1. The average Bonchev–Trinajstić information content (AvgIpc) is 3.11. The highest BCUT2D eigenvalue weighted by atomic mass is 16.5. The van der Waals surface area contributed by atoms with Crippen LogP contribution in [0.3, 0.4) is 0 Å². The number of carbonyl (C=O) groups excluding carboxylic acids is 1. The third-order valence-corrected chi connectivity index (χ3v) is 5.73. The molecule has 0 fully saturated rings. The van der Waals surface area contributed by atoms with Crippen LogP contribution in [0.2, 0.25) is 0 Å². The van der Waals surface area contributed by atoms with E-state index in [1.165, 1.54) is 5.69 Å². The Morgan fingerprint density at radius 3 is 2.45 bits per heavy atom. The maximum Gasteiger partial charge on any atom is 0.338 e. The van der Waals surface area contributed by atoms with E-state index >= 15 is 0 Å². The molecule has 4 rings (SSSR count). The third kappa shape index (κ3) is 3.78. The molecule has 0 amide bonds. The number of esters is 1. The van der Waals surface area contributed by atoms with Crippen LogP contribution in [0.5, 0.6) is 0 Å². The summed E-state index contributed by atoms with van der Waals surface area (Å²) in [7, 11) is 0. The van der Waals surface area contributed by atoms with Crippen molar-refractivity contribution >= 4 is 28.6 Å². The molecule has 0 radical (unpaired) electrons. The Kier molecular flexibility index (Phi) is 5.72. The predicted molar refractivity (Wildman–Crippen MR) is 125 cm³/mol. The van der Waals surface area contributed by atoms with Crippen LogP contribution >= 0.6 is 0 Å². The van der Waals surface area contributed by atoms with Gasteiger partial charge in [-0.15, -0.1) is 0 Å². The van der Waals surface area contributed by atoms with Crippen LogP contribution in [0.4, 0.5) is 11.6 Å². The van der Waals surface area contributed by atoms with Crippen molar-refractivity contribution < 1.29 is 9.53 Å². The number of allylic oxidation sites excluding steroid dienone is 1. The topological polar surface area (TPSA) is 59.4 Å². The number of hydrogen-bond acceptors (Lipinski definition) is 5. The molecule has 2 heterocycles. The number of rotatable bonds is 6. The Labute approximate surface area is 183 Å². The molecule has 1 aromatic heterocycles. The van der Waals surface area contributed by atoms with Gasteiger partial charge in [-0.3, -0.25) is 4.57 Å². The molecule has 162 valence electrons. The number of imidazole rings is 1. The molecule has 1 N–H and O–H groups in total. The summed E-state index contributed by atoms with van der Waals surface area (Å²) >= 11 is 0. The molecular formula is C25H30N4O2. The number of benzene rings is 2. The second kappa shape index (κ2) is 8.46. The molecule has 2 aromatic carbocycles. The van der Waals surface area contributed by atoms with E-state index in [0.29, 0.717) is 5.57 Å². The number of anilines is 2. The van der Waals surface area contributed by atoms with Gasteiger partial charge in [0.25, 0.3) is 0 Å². The lowest BCUT2D eigenvalue weighted by atomic mass is 9.94. The SMILES string of the molecule is CCN(CC)c1ccc([C@@H]2C(C(=O)OC(C)C)=C(C)Nc3nc4ccccc4n32)cc1. The lowest BCUT2D eigenvalue weighted by Gasteiger charge is -2.31. The molecule has 31 heavy (non-hydrogen) atoms. The molecule has 1 aliphatic heterocycles. The molecule has 1 atom stereocenters. The molecule has 0 unspecified atom stereocenters. The van der Waals surface area contributed by atoms with Gasteiger partial charge in [0.2, 0.25) is 5.95 Å². The van der Waals surface area contributed by atoms with Crippen LogP contribution in [0.15, 0.2) is 59.8 Å². The van der Waals surface area contributed by atoms with Crippen molar-refractivity contribution in [3.8, 4) is 0 Å². The van der Waals surface area contributed by atoms with Gasteiger partial charge in [-0.1, -0.05) is 24.3 Å². The van der Waals surface area contributed by atoms with Crippen LogP contribution < -0.4 is 10.2 Å². The highest BCUT2D eigenvalue weighted by Gasteiger charge is 2.35. The zero-order valence-electron chi connectivity index (χ0n) is 18.8. The monoisotopic (exact) mass is 418 g/mol. The summed E-state index contributed by atoms with van der Waals surface area (Å²) in [5.74, 6) is 0.430. The number of hydrogen-bond donors (Lipinski definition) is 1. The molecule has 0 saturated heterocycles. The molecule has 1 aliphatic rings. The van der Waals surface area contributed by atoms with E-state index in [2.05, 4.69) is 52.9 Å². The number of aromatic nitrogens is 2. The van der Waals surface area contributed by atoms with Gasteiger partial charge in [-0.05, 0) is 64.4 Å². The van der Waals surface area contributed by atoms with Crippen molar-refractivity contribution in [2.24, 2.45) is 0 Å². The minimum Gasteiger partial charge on any atom is -0.459 e. The van der Waals surface area contributed by atoms with Gasteiger partial charge in [0, 0.05) is 24.5 Å². The summed E-state index contributed by atoms with van der Waals surface area (Å²) in [4.78, 5) is 20.2. The van der Waals surface area contributed by atoms with E-state index in [0.717, 1.165) is 41.3 Å². The molecule has 6 nitrogen and oxygen atoms in total. The van der Waals surface area contributed by atoms with E-state index < -0.39 is 0 Å². The van der Waals surface area contributed by atoms with Crippen LogP contribution in [0.1, 0.15) is 46.2 Å². The van der Waals surface area contributed by atoms with E-state index in [1.54, 1.807) is 0 Å². The summed E-state index contributed by atoms with van der Waals surface area (Å²) in [6.07, 6.45) is -0.195. The number of nitrogens with one attached hydrogen (secondary N) is 1. The Bertz CT molecular complexity index is 1120. The first kappa shape index (κ1) is 21.0. The highest BCUT2D eigenvalue weighted by molar-refractivity contribution is 5.94. The van der Waals surface area contributed by atoms with Crippen LogP contribution in [0, 0.1) is 0 Å². The van der Waals surface area contributed by atoms with Gasteiger partial charge in [-0.2, -0.15) is 0 Å². The van der Waals surface area contributed by atoms with E-state index in [9.17, 15) is 4.79 Å². The van der Waals surface area contributed by atoms with Gasteiger partial charge in [-0.25, -0.2) is 9.78 Å². The summed E-state index contributed by atoms with van der Waals surface area (Å²) < 4.78 is 7.74. The zero-order chi connectivity index (χ0) is 22.1. The van der Waals surface area contributed by atoms with Crippen LogP contribution in [0.25, 0.3) is 11.0 Å². The van der Waals surface area contributed by atoms with Crippen LogP contribution in [-0.2, 0) is 9.53 Å². The highest BCUT2D eigenvalue weighted by Crippen LogP contribution is 2.40. The molecular weight excluding hydrogens is 388 g/mol. The minimum atomic E-state index is -0.319. The fourth-order valence-electron chi connectivity index (χ4n) is 4.28. The van der Waals surface area contributed by atoms with Crippen molar-refractivity contribution in [2.75, 3.05) is 23.3 Å². The average molecular weight is 419 g/mol. The van der Waals surface area contributed by atoms with Gasteiger partial charge >= 0.3 is 5.97 Å². The molecule has 3 aromatic rings. The number of carbonyl (C=O) groups is 1. The van der Waals surface area contributed by atoms with Crippen molar-refractivity contribution in [1.29, 1.82) is 0 Å². The molecule has 0 aliphatic carbocycles. The second-order valence-corrected chi connectivity index (χ2v) is 8.08. The number of ether oxygens (including phenoxy) is 1. The molecule has 0 saturated carbocycles. The number of nitrogens with zero attached hydrogens (tertiary/aromatic N) is 3. The largest absolute Gasteiger partial charge is 0.459 e. The van der Waals surface area contributed by atoms with E-state index in [-0.39, 0.29) is 18.1 Å². The quantitative estimate of drug-likeness (QED) is 0.563. The first-order valence-corrected chi connectivity index (χ1v) is 10.9. The maximum atomic E-state index is 13.2. The summed E-state index contributed by atoms with van der Waals surface area (Å²) in [5.41, 5.74) is 5.44. The van der Waals surface area contributed by atoms with E-state index in [4.69, 9.17) is 9.72 Å². The predicted octanol–water partition coefficient (Wildman–Crippen LogP) is 5.12. The lowest BCUT2D eigenvalue weighted by Crippen LogP contribution is -2.30. The zero-order valence-corrected chi connectivity index (χ0v) is 18.8. The summed E-state index contributed by atoms with van der Waals surface area (Å²) in [6.45, 7) is 11.9. The molecule has 0 spiro atoms. The van der Waals surface area contributed by atoms with Crippen molar-refractivity contribution in [2.45, 2.75) is 46.8 Å². The normalized spacial score (nSPS) is 15.7. The lowest BCUT2D eigenvalue weighted by molar-refractivity contribution is -0.143. The van der Waals surface area contributed by atoms with Crippen molar-refractivity contribution in [1.82, 2.24) is 9.55 Å². The fraction of sp³-hybridized carbons (Fsp3) is 0.360. The first-order valence-electron chi connectivity index (χ1n) is 10.9.